The second-order valence-electron chi connectivity index (χ2n) is 2.08. The van der Waals surface area contributed by atoms with E-state index in [0.717, 1.165) is 15.5 Å². The largest absolute Gasteiger partial charge is 0.324 e. The van der Waals surface area contributed by atoms with Crippen LogP contribution in [0.15, 0.2) is 22.7 Å². The molecule has 0 aliphatic carbocycles. The number of anilines is 1. The van der Waals surface area contributed by atoms with Crippen LogP contribution < -0.4 is 11.3 Å². The van der Waals surface area contributed by atoms with E-state index in [1.165, 1.54) is 5.56 Å². The van der Waals surface area contributed by atoms with Crippen LogP contribution in [0.25, 0.3) is 0 Å². The van der Waals surface area contributed by atoms with Crippen molar-refractivity contribution < 1.29 is 0 Å². The molecular weight excluding hydrogens is 272 g/mol. The molecule has 0 aliphatic rings. The van der Waals surface area contributed by atoms with Crippen molar-refractivity contribution in [3.05, 3.63) is 28.2 Å². The highest BCUT2D eigenvalue weighted by Gasteiger charge is 1.98. The van der Waals surface area contributed by atoms with Crippen LogP contribution in [-0.2, 0) is 5.33 Å². The minimum absolute atomic E-state index is 0.823. The highest BCUT2D eigenvalue weighted by atomic mass is 79.9. The molecule has 1 aromatic rings. The molecule has 0 atom stereocenters. The molecule has 0 heterocycles. The Morgan fingerprint density at radius 3 is 2.73 bits per heavy atom. The SMILES string of the molecule is NNc1ccc(Br)c(CBr)c1. The smallest absolute Gasteiger partial charge is 0.0488 e. The first-order valence-electron chi connectivity index (χ1n) is 3.09. The third-order valence-corrected chi connectivity index (χ3v) is 2.73. The lowest BCUT2D eigenvalue weighted by Crippen LogP contribution is -2.06. The summed E-state index contributed by atoms with van der Waals surface area (Å²) in [7, 11) is 0. The Morgan fingerprint density at radius 1 is 1.45 bits per heavy atom. The van der Waals surface area contributed by atoms with Crippen LogP contribution in [0, 0.1) is 0 Å². The standard InChI is InChI=1S/C7H8Br2N2/c8-4-5-3-6(11-10)1-2-7(5)9/h1-3,11H,4,10H2. The molecule has 11 heavy (non-hydrogen) atoms. The quantitative estimate of drug-likeness (QED) is 0.496. The molecule has 0 bridgehead atoms. The number of nitrogens with one attached hydrogen (secondary N) is 1. The number of hydrogen-bond donors (Lipinski definition) is 2. The number of nitrogens with two attached hydrogens (primary N) is 1. The summed E-state index contributed by atoms with van der Waals surface area (Å²) in [5.41, 5.74) is 4.69. The van der Waals surface area contributed by atoms with Crippen molar-refractivity contribution in [2.75, 3.05) is 5.43 Å². The Bertz CT molecular complexity index is 250. The highest BCUT2D eigenvalue weighted by molar-refractivity contribution is 9.10. The minimum atomic E-state index is 0.823. The van der Waals surface area contributed by atoms with Gasteiger partial charge in [-0.1, -0.05) is 31.9 Å². The number of rotatable bonds is 2. The zero-order valence-electron chi connectivity index (χ0n) is 5.77. The van der Waals surface area contributed by atoms with Crippen LogP contribution in [0.5, 0.6) is 0 Å². The second-order valence-corrected chi connectivity index (χ2v) is 3.50. The van der Waals surface area contributed by atoms with Crippen LogP contribution in [0.3, 0.4) is 0 Å². The van der Waals surface area contributed by atoms with Crippen molar-refractivity contribution in [2.24, 2.45) is 5.84 Å². The van der Waals surface area contributed by atoms with E-state index >= 15 is 0 Å². The van der Waals surface area contributed by atoms with Gasteiger partial charge in [-0.15, -0.1) is 0 Å². The lowest BCUT2D eigenvalue weighted by molar-refractivity contribution is 1.31. The van der Waals surface area contributed by atoms with Crippen LogP contribution in [0.4, 0.5) is 5.69 Å². The van der Waals surface area contributed by atoms with Crippen molar-refractivity contribution >= 4 is 37.5 Å². The Labute approximate surface area is 82.4 Å². The van der Waals surface area contributed by atoms with Crippen LogP contribution in [-0.4, -0.2) is 0 Å². The average molecular weight is 280 g/mol. The molecule has 0 radical (unpaired) electrons. The number of hydrogen-bond acceptors (Lipinski definition) is 2. The van der Waals surface area contributed by atoms with Gasteiger partial charge in [0.2, 0.25) is 0 Å². The predicted molar refractivity (Wildman–Crippen MR) is 54.6 cm³/mol. The highest BCUT2D eigenvalue weighted by Crippen LogP contribution is 2.22. The van der Waals surface area contributed by atoms with Gasteiger partial charge >= 0.3 is 0 Å². The molecule has 0 unspecified atom stereocenters. The Morgan fingerprint density at radius 2 is 2.18 bits per heavy atom. The van der Waals surface area contributed by atoms with Crippen molar-refractivity contribution in [1.82, 2.24) is 0 Å². The van der Waals surface area contributed by atoms with Gasteiger partial charge in [0.25, 0.3) is 0 Å². The molecule has 0 fully saturated rings. The predicted octanol–water partition coefficient (Wildman–Crippen LogP) is 2.63. The molecular formula is C7H8Br2N2. The maximum atomic E-state index is 5.24. The molecule has 0 aliphatic heterocycles. The fourth-order valence-electron chi connectivity index (χ4n) is 0.767. The van der Waals surface area contributed by atoms with Gasteiger partial charge < -0.3 is 5.43 Å². The van der Waals surface area contributed by atoms with Gasteiger partial charge in [0.05, 0.1) is 0 Å². The van der Waals surface area contributed by atoms with Crippen LogP contribution >= 0.6 is 31.9 Å². The third kappa shape index (κ3) is 2.18. The summed E-state index contributed by atoms with van der Waals surface area (Å²) in [6.07, 6.45) is 0. The molecule has 2 nitrogen and oxygen atoms in total. The lowest BCUT2D eigenvalue weighted by Gasteiger charge is -2.03. The molecule has 0 aromatic heterocycles. The zero-order valence-corrected chi connectivity index (χ0v) is 8.94. The van der Waals surface area contributed by atoms with Gasteiger partial charge in [0.1, 0.15) is 0 Å². The summed E-state index contributed by atoms with van der Waals surface area (Å²) in [4.78, 5) is 0. The second kappa shape index (κ2) is 4.09. The van der Waals surface area contributed by atoms with Crippen molar-refractivity contribution in [1.29, 1.82) is 0 Å². The number of alkyl halides is 1. The van der Waals surface area contributed by atoms with E-state index in [1.54, 1.807) is 0 Å². The first-order chi connectivity index (χ1) is 5.27. The van der Waals surface area contributed by atoms with Gasteiger partial charge in [-0.2, -0.15) is 0 Å². The Hall–Kier alpha value is -0.0600. The van der Waals surface area contributed by atoms with Gasteiger partial charge in [-0.25, -0.2) is 0 Å². The van der Waals surface area contributed by atoms with Gasteiger partial charge in [-0.05, 0) is 23.8 Å². The van der Waals surface area contributed by atoms with Crippen molar-refractivity contribution in [2.45, 2.75) is 5.33 Å². The third-order valence-electron chi connectivity index (χ3n) is 1.36. The summed E-state index contributed by atoms with van der Waals surface area (Å²) in [5, 5.41) is 0.823. The minimum Gasteiger partial charge on any atom is -0.324 e. The van der Waals surface area contributed by atoms with E-state index in [-0.39, 0.29) is 0 Å². The molecule has 1 aromatic carbocycles. The van der Waals surface area contributed by atoms with E-state index in [2.05, 4.69) is 37.3 Å². The first kappa shape index (κ1) is 9.03. The maximum Gasteiger partial charge on any atom is 0.0488 e. The molecule has 60 valence electrons. The first-order valence-corrected chi connectivity index (χ1v) is 5.00. The summed E-state index contributed by atoms with van der Waals surface area (Å²) in [6.45, 7) is 0. The van der Waals surface area contributed by atoms with E-state index in [4.69, 9.17) is 5.84 Å². The molecule has 0 saturated heterocycles. The van der Waals surface area contributed by atoms with Crippen molar-refractivity contribution in [3.63, 3.8) is 0 Å². The topological polar surface area (TPSA) is 38.0 Å². The number of benzene rings is 1. The van der Waals surface area contributed by atoms with Crippen LogP contribution in [0.2, 0.25) is 0 Å². The molecule has 1 rings (SSSR count). The zero-order chi connectivity index (χ0) is 8.27. The number of halogens is 2. The maximum absolute atomic E-state index is 5.24. The van der Waals surface area contributed by atoms with E-state index in [9.17, 15) is 0 Å². The molecule has 4 heteroatoms. The molecule has 3 N–H and O–H groups in total. The van der Waals surface area contributed by atoms with Crippen LogP contribution in [0.1, 0.15) is 5.56 Å². The van der Waals surface area contributed by atoms with E-state index < -0.39 is 0 Å². The summed E-state index contributed by atoms with van der Waals surface area (Å²) in [5.74, 6) is 5.24. The van der Waals surface area contributed by atoms with E-state index in [0.29, 0.717) is 0 Å². The monoisotopic (exact) mass is 278 g/mol. The van der Waals surface area contributed by atoms with Gasteiger partial charge in [-0.3, -0.25) is 5.84 Å². The lowest BCUT2D eigenvalue weighted by atomic mass is 10.2. The fraction of sp³-hybridized carbons (Fsp3) is 0.143. The normalized spacial score (nSPS) is 9.73. The molecule has 0 spiro atoms. The number of hydrazine groups is 1. The molecule has 0 saturated carbocycles. The fourth-order valence-corrected chi connectivity index (χ4v) is 1.99. The summed E-state index contributed by atoms with van der Waals surface area (Å²) < 4.78 is 1.09. The average Bonchev–Trinajstić information content (AvgIpc) is 2.05. The Balaban J connectivity index is 3.02. The summed E-state index contributed by atoms with van der Waals surface area (Å²) in [6, 6.07) is 5.86. The molecule has 0 amide bonds. The van der Waals surface area contributed by atoms with Gasteiger partial charge in [0.15, 0.2) is 0 Å². The van der Waals surface area contributed by atoms with Crippen molar-refractivity contribution in [3.8, 4) is 0 Å². The summed E-state index contributed by atoms with van der Waals surface area (Å²) >= 11 is 6.79. The van der Waals surface area contributed by atoms with Gasteiger partial charge in [0, 0.05) is 15.5 Å². The van der Waals surface area contributed by atoms with E-state index in [1.807, 2.05) is 18.2 Å². The Kier molecular flexibility index (Phi) is 3.36. The number of nitrogen functional groups attached to an aromatic ring is 1.